The molecule has 2 aromatic carbocycles. The number of rotatable bonds is 8. The summed E-state index contributed by atoms with van der Waals surface area (Å²) in [7, 11) is 0. The summed E-state index contributed by atoms with van der Waals surface area (Å²) < 4.78 is 13.5. The third-order valence-corrected chi connectivity index (χ3v) is 5.95. The molecule has 0 spiro atoms. The van der Waals surface area contributed by atoms with Gasteiger partial charge in [-0.3, -0.25) is 9.69 Å². The Morgan fingerprint density at radius 1 is 1.11 bits per heavy atom. The molecule has 0 saturated carbocycles. The highest BCUT2D eigenvalue weighted by molar-refractivity contribution is 7.99. The van der Waals surface area contributed by atoms with Gasteiger partial charge in [-0.25, -0.2) is 4.39 Å². The molecule has 0 radical (unpaired) electrons. The molecule has 0 atom stereocenters. The summed E-state index contributed by atoms with van der Waals surface area (Å²) >= 11 is 1.36. The first-order chi connectivity index (χ1) is 13.6. The van der Waals surface area contributed by atoms with E-state index in [2.05, 4.69) is 22.3 Å². The van der Waals surface area contributed by atoms with Crippen molar-refractivity contribution in [2.45, 2.75) is 43.4 Å². The van der Waals surface area contributed by atoms with E-state index < -0.39 is 0 Å². The lowest BCUT2D eigenvalue weighted by Crippen LogP contribution is -2.35. The highest BCUT2D eigenvalue weighted by atomic mass is 32.2. The molecule has 2 aromatic rings. The first-order valence-electron chi connectivity index (χ1n) is 9.72. The van der Waals surface area contributed by atoms with Crippen molar-refractivity contribution < 1.29 is 14.3 Å². The maximum Gasteiger partial charge on any atom is 0.221 e. The topological polar surface area (TPSA) is 52.6 Å². The molecule has 2 N–H and O–H groups in total. The van der Waals surface area contributed by atoms with Gasteiger partial charge in [-0.1, -0.05) is 36.4 Å². The van der Waals surface area contributed by atoms with Crippen LogP contribution in [0.25, 0.3) is 0 Å². The number of halogens is 1. The van der Waals surface area contributed by atoms with Crippen molar-refractivity contribution in [2.24, 2.45) is 0 Å². The number of hydrogen-bond donors (Lipinski definition) is 2. The molecule has 0 bridgehead atoms. The number of hydrogen-bond acceptors (Lipinski definition) is 4. The number of likely N-dealkylation sites (tertiary alicyclic amines) is 1. The molecule has 150 valence electrons. The number of amides is 1. The molecule has 1 fully saturated rings. The molecule has 3 rings (SSSR count). The van der Waals surface area contributed by atoms with Crippen molar-refractivity contribution in [1.82, 2.24) is 10.2 Å². The van der Waals surface area contributed by atoms with Crippen molar-refractivity contribution >= 4 is 17.7 Å². The van der Waals surface area contributed by atoms with Crippen LogP contribution in [0.3, 0.4) is 0 Å². The van der Waals surface area contributed by atoms with Gasteiger partial charge in [0.15, 0.2) is 0 Å². The first kappa shape index (κ1) is 20.8. The Labute approximate surface area is 170 Å². The molecule has 0 unspecified atom stereocenters. The van der Waals surface area contributed by atoms with Crippen LogP contribution in [0.5, 0.6) is 0 Å². The summed E-state index contributed by atoms with van der Waals surface area (Å²) in [6.45, 7) is 3.26. The van der Waals surface area contributed by atoms with Crippen LogP contribution in [-0.4, -0.2) is 40.9 Å². The van der Waals surface area contributed by atoms with Gasteiger partial charge in [0.1, 0.15) is 5.82 Å². The van der Waals surface area contributed by atoms with Crippen LogP contribution in [0, 0.1) is 5.82 Å². The fourth-order valence-corrected chi connectivity index (χ4v) is 4.09. The quantitative estimate of drug-likeness (QED) is 0.663. The van der Waals surface area contributed by atoms with Gasteiger partial charge >= 0.3 is 0 Å². The summed E-state index contributed by atoms with van der Waals surface area (Å²) in [6, 6.07) is 14.9. The fraction of sp³-hybridized carbons (Fsp3) is 0.409. The Morgan fingerprint density at radius 3 is 2.50 bits per heavy atom. The standard InChI is InChI=1S/C22H27FN2O2S/c23-20-3-1-2-4-21(20)28-14-11-22(27)24-15-17-5-7-18(8-6-17)16-25-12-9-19(26)10-13-25/h1-8,19,26H,9-16H2,(H,24,27). The zero-order valence-electron chi connectivity index (χ0n) is 15.9. The molecular formula is C22H27FN2O2S. The smallest absolute Gasteiger partial charge is 0.221 e. The number of nitrogens with one attached hydrogen (secondary N) is 1. The minimum absolute atomic E-state index is 0.0280. The summed E-state index contributed by atoms with van der Waals surface area (Å²) in [5.41, 5.74) is 2.31. The van der Waals surface area contributed by atoms with Crippen LogP contribution < -0.4 is 5.32 Å². The monoisotopic (exact) mass is 402 g/mol. The van der Waals surface area contributed by atoms with Gasteiger partial charge in [0.2, 0.25) is 5.91 Å². The summed E-state index contributed by atoms with van der Waals surface area (Å²) in [5.74, 6) is 0.282. The average molecular weight is 403 g/mol. The summed E-state index contributed by atoms with van der Waals surface area (Å²) in [4.78, 5) is 14.9. The van der Waals surface area contributed by atoms with Gasteiger partial charge in [-0.05, 0) is 36.1 Å². The Kier molecular flexibility index (Phi) is 7.89. The van der Waals surface area contributed by atoms with Crippen LogP contribution in [0.1, 0.15) is 30.4 Å². The molecule has 4 nitrogen and oxygen atoms in total. The second-order valence-electron chi connectivity index (χ2n) is 7.13. The highest BCUT2D eigenvalue weighted by Crippen LogP contribution is 2.21. The molecular weight excluding hydrogens is 375 g/mol. The Bertz CT molecular complexity index is 761. The lowest BCUT2D eigenvalue weighted by atomic mass is 10.1. The number of benzene rings is 2. The van der Waals surface area contributed by atoms with E-state index in [0.29, 0.717) is 23.6 Å². The van der Waals surface area contributed by atoms with Gasteiger partial charge in [-0.2, -0.15) is 0 Å². The van der Waals surface area contributed by atoms with E-state index in [9.17, 15) is 14.3 Å². The Balaban J connectivity index is 1.36. The van der Waals surface area contributed by atoms with Crippen molar-refractivity contribution in [3.8, 4) is 0 Å². The molecule has 28 heavy (non-hydrogen) atoms. The largest absolute Gasteiger partial charge is 0.393 e. The molecule has 6 heteroatoms. The summed E-state index contributed by atoms with van der Waals surface area (Å²) in [5, 5.41) is 12.5. The number of thioether (sulfide) groups is 1. The third kappa shape index (κ3) is 6.62. The first-order valence-corrected chi connectivity index (χ1v) is 10.7. The summed E-state index contributed by atoms with van der Waals surface area (Å²) in [6.07, 6.45) is 1.91. The van der Waals surface area contributed by atoms with E-state index in [1.807, 2.05) is 12.1 Å². The maximum atomic E-state index is 13.5. The zero-order chi connectivity index (χ0) is 19.8. The van der Waals surface area contributed by atoms with Crippen LogP contribution in [0.4, 0.5) is 4.39 Å². The number of aliphatic hydroxyl groups excluding tert-OH is 1. The van der Waals surface area contributed by atoms with E-state index in [0.717, 1.165) is 38.0 Å². The van der Waals surface area contributed by atoms with Gasteiger partial charge in [0.05, 0.1) is 6.10 Å². The van der Waals surface area contributed by atoms with Crippen molar-refractivity contribution in [1.29, 1.82) is 0 Å². The molecule has 0 aromatic heterocycles. The van der Waals surface area contributed by atoms with E-state index in [4.69, 9.17) is 0 Å². The number of piperidine rings is 1. The van der Waals surface area contributed by atoms with Gasteiger partial charge in [0.25, 0.3) is 0 Å². The molecule has 1 aliphatic heterocycles. The minimum Gasteiger partial charge on any atom is -0.393 e. The number of carbonyl (C=O) groups excluding carboxylic acids is 1. The molecule has 0 aliphatic carbocycles. The van der Waals surface area contributed by atoms with Gasteiger partial charge < -0.3 is 10.4 Å². The second-order valence-corrected chi connectivity index (χ2v) is 8.27. The normalized spacial score (nSPS) is 15.5. The predicted octanol–water partition coefficient (Wildman–Crippen LogP) is 3.58. The Hall–Kier alpha value is -1.89. The van der Waals surface area contributed by atoms with Crippen molar-refractivity contribution in [3.63, 3.8) is 0 Å². The number of nitrogens with zero attached hydrogens (tertiary/aromatic N) is 1. The van der Waals surface area contributed by atoms with E-state index in [1.54, 1.807) is 18.2 Å². The lowest BCUT2D eigenvalue weighted by molar-refractivity contribution is -0.120. The second kappa shape index (κ2) is 10.6. The predicted molar refractivity (Wildman–Crippen MR) is 111 cm³/mol. The third-order valence-electron chi connectivity index (χ3n) is 4.90. The number of carbonyl (C=O) groups is 1. The van der Waals surface area contributed by atoms with E-state index in [-0.39, 0.29) is 17.8 Å². The minimum atomic E-state index is -0.242. The maximum absolute atomic E-state index is 13.5. The fourth-order valence-electron chi connectivity index (χ4n) is 3.20. The van der Waals surface area contributed by atoms with Crippen molar-refractivity contribution in [3.05, 3.63) is 65.5 Å². The Morgan fingerprint density at radius 2 is 1.79 bits per heavy atom. The van der Waals surface area contributed by atoms with Crippen LogP contribution in [0.15, 0.2) is 53.4 Å². The molecule has 1 amide bonds. The van der Waals surface area contributed by atoms with Crippen molar-refractivity contribution in [2.75, 3.05) is 18.8 Å². The van der Waals surface area contributed by atoms with Crippen LogP contribution >= 0.6 is 11.8 Å². The SMILES string of the molecule is O=C(CCSc1ccccc1F)NCc1ccc(CN2CCC(O)CC2)cc1. The van der Waals surface area contributed by atoms with Gasteiger partial charge in [0, 0.05) is 43.2 Å². The highest BCUT2D eigenvalue weighted by Gasteiger charge is 2.16. The number of aliphatic hydroxyl groups is 1. The lowest BCUT2D eigenvalue weighted by Gasteiger charge is -2.29. The average Bonchev–Trinajstić information content (AvgIpc) is 2.71. The van der Waals surface area contributed by atoms with E-state index in [1.165, 1.54) is 23.4 Å². The molecule has 1 aliphatic rings. The van der Waals surface area contributed by atoms with E-state index >= 15 is 0 Å². The van der Waals surface area contributed by atoms with Crippen LogP contribution in [0.2, 0.25) is 0 Å². The molecule has 1 heterocycles. The van der Waals surface area contributed by atoms with Crippen LogP contribution in [-0.2, 0) is 17.9 Å². The zero-order valence-corrected chi connectivity index (χ0v) is 16.8. The van der Waals surface area contributed by atoms with Gasteiger partial charge in [-0.15, -0.1) is 11.8 Å². The molecule has 1 saturated heterocycles.